The summed E-state index contributed by atoms with van der Waals surface area (Å²) >= 11 is 0. The van der Waals surface area contributed by atoms with Crippen molar-refractivity contribution >= 4 is 10.0 Å². The summed E-state index contributed by atoms with van der Waals surface area (Å²) in [5.74, 6) is -0.773. The van der Waals surface area contributed by atoms with Crippen LogP contribution >= 0.6 is 0 Å². The van der Waals surface area contributed by atoms with Crippen molar-refractivity contribution in [2.24, 2.45) is 5.73 Å². The average molecular weight is 326 g/mol. The van der Waals surface area contributed by atoms with E-state index in [1.54, 1.807) is 0 Å². The molecule has 0 aliphatic carbocycles. The number of sulfonamides is 1. The molecule has 9 heteroatoms. The van der Waals surface area contributed by atoms with Gasteiger partial charge in [0.1, 0.15) is 10.6 Å². The maximum Gasteiger partial charge on any atom is 0.573 e. The van der Waals surface area contributed by atoms with E-state index in [1.165, 1.54) is 12.1 Å². The Morgan fingerprint density at radius 3 is 2.48 bits per heavy atom. The molecule has 5 nitrogen and oxygen atoms in total. The SMILES string of the molecule is CCCC(CN)NS(=O)(=O)c1ccccc1OC(F)(F)F. The summed E-state index contributed by atoms with van der Waals surface area (Å²) in [6, 6.07) is 4.02. The Morgan fingerprint density at radius 2 is 1.95 bits per heavy atom. The lowest BCUT2D eigenvalue weighted by atomic mass is 10.2. The number of alkyl halides is 3. The van der Waals surface area contributed by atoms with Crippen molar-refractivity contribution in [3.8, 4) is 5.75 Å². The van der Waals surface area contributed by atoms with Crippen molar-refractivity contribution in [3.63, 3.8) is 0 Å². The highest BCUT2D eigenvalue weighted by molar-refractivity contribution is 7.89. The number of benzene rings is 1. The van der Waals surface area contributed by atoms with Gasteiger partial charge in [0.25, 0.3) is 0 Å². The minimum absolute atomic E-state index is 0.0510. The zero-order valence-electron chi connectivity index (χ0n) is 11.4. The van der Waals surface area contributed by atoms with Gasteiger partial charge in [-0.15, -0.1) is 13.2 Å². The first-order valence-corrected chi connectivity index (χ1v) is 7.75. The zero-order chi connectivity index (χ0) is 16.1. The molecule has 120 valence electrons. The van der Waals surface area contributed by atoms with Crippen molar-refractivity contribution in [1.29, 1.82) is 0 Å². The number of para-hydroxylation sites is 1. The smallest absolute Gasteiger partial charge is 0.404 e. The molecule has 1 aromatic carbocycles. The number of ether oxygens (including phenoxy) is 1. The molecule has 0 saturated heterocycles. The van der Waals surface area contributed by atoms with E-state index in [0.29, 0.717) is 12.8 Å². The molecule has 0 aromatic heterocycles. The Hall–Kier alpha value is -1.32. The fraction of sp³-hybridized carbons (Fsp3) is 0.500. The van der Waals surface area contributed by atoms with E-state index in [2.05, 4.69) is 9.46 Å². The first-order chi connectivity index (χ1) is 9.69. The monoisotopic (exact) mass is 326 g/mol. The van der Waals surface area contributed by atoms with Crippen LogP contribution in [0.15, 0.2) is 29.2 Å². The van der Waals surface area contributed by atoms with Gasteiger partial charge in [0.15, 0.2) is 0 Å². The molecule has 0 aliphatic rings. The lowest BCUT2D eigenvalue weighted by molar-refractivity contribution is -0.275. The molecule has 0 saturated carbocycles. The van der Waals surface area contributed by atoms with Gasteiger partial charge in [0.05, 0.1) is 0 Å². The van der Waals surface area contributed by atoms with Crippen molar-refractivity contribution in [2.75, 3.05) is 6.54 Å². The maximum absolute atomic E-state index is 12.3. The minimum atomic E-state index is -4.97. The van der Waals surface area contributed by atoms with Crippen LogP contribution in [0.25, 0.3) is 0 Å². The first kappa shape index (κ1) is 17.7. The van der Waals surface area contributed by atoms with Crippen molar-refractivity contribution in [2.45, 2.75) is 37.1 Å². The zero-order valence-corrected chi connectivity index (χ0v) is 12.2. The van der Waals surface area contributed by atoms with E-state index >= 15 is 0 Å². The third-order valence-corrected chi connectivity index (χ3v) is 4.17. The second kappa shape index (κ2) is 7.10. The molecule has 0 radical (unpaired) electrons. The van der Waals surface area contributed by atoms with E-state index < -0.39 is 33.1 Å². The highest BCUT2D eigenvalue weighted by atomic mass is 32.2. The predicted octanol–water partition coefficient (Wildman–Crippen LogP) is 1.99. The summed E-state index contributed by atoms with van der Waals surface area (Å²) in [6.45, 7) is 1.90. The lowest BCUT2D eigenvalue weighted by Crippen LogP contribution is -2.40. The molecular weight excluding hydrogens is 309 g/mol. The van der Waals surface area contributed by atoms with E-state index in [4.69, 9.17) is 5.73 Å². The van der Waals surface area contributed by atoms with Crippen molar-refractivity contribution in [3.05, 3.63) is 24.3 Å². The predicted molar refractivity (Wildman–Crippen MR) is 71.2 cm³/mol. The summed E-state index contributed by atoms with van der Waals surface area (Å²) in [4.78, 5) is -0.572. The number of rotatable bonds is 7. The quantitative estimate of drug-likeness (QED) is 0.803. The third-order valence-electron chi connectivity index (χ3n) is 2.61. The standard InChI is InChI=1S/C12H17F3N2O3S/c1-2-5-9(8-16)17-21(18,19)11-7-4-3-6-10(11)20-12(13,14)15/h3-4,6-7,9,17H,2,5,8,16H2,1H3. The summed E-state index contributed by atoms with van der Waals surface area (Å²) in [5.41, 5.74) is 5.45. The van der Waals surface area contributed by atoms with Gasteiger partial charge in [-0.2, -0.15) is 0 Å². The van der Waals surface area contributed by atoms with Gasteiger partial charge in [-0.05, 0) is 18.6 Å². The Balaban J connectivity index is 3.08. The van der Waals surface area contributed by atoms with Crippen molar-refractivity contribution < 1.29 is 26.3 Å². The Kier molecular flexibility index (Phi) is 5.99. The molecular formula is C12H17F3N2O3S. The van der Waals surface area contributed by atoms with Crippen LogP contribution in [0, 0.1) is 0 Å². The number of nitrogens with one attached hydrogen (secondary N) is 1. The molecule has 1 unspecified atom stereocenters. The van der Waals surface area contributed by atoms with Crippen LogP contribution in [-0.2, 0) is 10.0 Å². The highest BCUT2D eigenvalue weighted by Gasteiger charge is 2.34. The second-order valence-corrected chi connectivity index (χ2v) is 6.02. The van der Waals surface area contributed by atoms with Gasteiger partial charge < -0.3 is 10.5 Å². The van der Waals surface area contributed by atoms with Crippen molar-refractivity contribution in [1.82, 2.24) is 4.72 Å². The minimum Gasteiger partial charge on any atom is -0.404 e. The van der Waals surface area contributed by atoms with E-state index in [1.807, 2.05) is 6.92 Å². The van der Waals surface area contributed by atoms with Gasteiger partial charge in [-0.25, -0.2) is 13.1 Å². The third kappa shape index (κ3) is 5.52. The molecule has 0 fully saturated rings. The molecule has 21 heavy (non-hydrogen) atoms. The average Bonchev–Trinajstić information content (AvgIpc) is 2.36. The van der Waals surface area contributed by atoms with Gasteiger partial charge >= 0.3 is 6.36 Å². The summed E-state index contributed by atoms with van der Waals surface area (Å²) in [5, 5.41) is 0. The van der Waals surface area contributed by atoms with Crippen LogP contribution in [0.2, 0.25) is 0 Å². The fourth-order valence-corrected chi connectivity index (χ4v) is 3.15. The second-order valence-electron chi connectivity index (χ2n) is 4.34. The number of hydrogen-bond donors (Lipinski definition) is 2. The van der Waals surface area contributed by atoms with E-state index in [0.717, 1.165) is 12.1 Å². The summed E-state index contributed by atoms with van der Waals surface area (Å²) in [6.07, 6.45) is -3.80. The Morgan fingerprint density at radius 1 is 1.33 bits per heavy atom. The van der Waals surface area contributed by atoms with Gasteiger partial charge in [0.2, 0.25) is 10.0 Å². The molecule has 1 rings (SSSR count). The molecule has 3 N–H and O–H groups in total. The van der Waals surface area contributed by atoms with Crippen LogP contribution in [0.5, 0.6) is 5.75 Å². The molecule has 0 heterocycles. The molecule has 0 bridgehead atoms. The van der Waals surface area contributed by atoms with E-state index in [9.17, 15) is 21.6 Å². The molecule has 0 aliphatic heterocycles. The summed E-state index contributed by atoms with van der Waals surface area (Å²) in [7, 11) is -4.15. The number of halogens is 3. The Bertz CT molecular complexity index is 561. The topological polar surface area (TPSA) is 81.4 Å². The molecule has 0 spiro atoms. The van der Waals surface area contributed by atoms with Gasteiger partial charge in [0, 0.05) is 12.6 Å². The van der Waals surface area contributed by atoms with Crippen LogP contribution in [0.4, 0.5) is 13.2 Å². The molecule has 0 amide bonds. The lowest BCUT2D eigenvalue weighted by Gasteiger charge is -2.18. The molecule has 1 atom stereocenters. The van der Waals surface area contributed by atoms with Crippen LogP contribution in [0.1, 0.15) is 19.8 Å². The van der Waals surface area contributed by atoms with Crippen LogP contribution in [0.3, 0.4) is 0 Å². The fourth-order valence-electron chi connectivity index (χ4n) is 1.74. The number of hydrogen-bond acceptors (Lipinski definition) is 4. The van der Waals surface area contributed by atoms with Crippen LogP contribution in [-0.4, -0.2) is 27.4 Å². The van der Waals surface area contributed by atoms with Gasteiger partial charge in [-0.1, -0.05) is 25.5 Å². The maximum atomic E-state index is 12.3. The normalized spacial score (nSPS) is 14.0. The van der Waals surface area contributed by atoms with Gasteiger partial charge in [-0.3, -0.25) is 0 Å². The van der Waals surface area contributed by atoms with Crippen LogP contribution < -0.4 is 15.2 Å². The Labute approximate surface area is 121 Å². The number of nitrogens with two attached hydrogens (primary N) is 1. The van der Waals surface area contributed by atoms with E-state index in [-0.39, 0.29) is 6.54 Å². The largest absolute Gasteiger partial charge is 0.573 e. The summed E-state index contributed by atoms with van der Waals surface area (Å²) < 4.78 is 67.3. The highest BCUT2D eigenvalue weighted by Crippen LogP contribution is 2.29. The molecule has 1 aromatic rings. The first-order valence-electron chi connectivity index (χ1n) is 6.26.